The Bertz CT molecular complexity index is 5670. The first-order valence-corrected chi connectivity index (χ1v) is 47.9. The van der Waals surface area contributed by atoms with Gasteiger partial charge in [0.25, 0.3) is 23.6 Å². The quantitative estimate of drug-likeness (QED) is 0.0187. The lowest BCUT2D eigenvalue weighted by molar-refractivity contribution is -0.142. The Kier molecular flexibility index (Phi) is 47.0. The number of hydrogen-bond acceptors (Lipinski definition) is 24. The third-order valence-electron chi connectivity index (χ3n) is 22.7. The molecule has 0 saturated carbocycles. The SMILES string of the molecule is CC(=O)C[C@@H](C=O)NC(=O)[C@@H]1CCCN1C(=O)[C@H](C)NC(=O)c1ccc(NC(=O)CC(C)C)c(Cl)c1.CCC(=O)Nc1ccc(C(=O)N[C@@H](C)C(=O)N2CCC[C@H]2C(=O)N[C@H](C=O)CC(=O)O)cc1Cl.C[C@H](NC(=O)c1ccc(NC(=O)C(C)(C)C)c(Cl)c1)C(=O)N1CCC[C@H]1C(=O)N[C@H](C=O)CC(=O)O.C[C@H](NC(=O)c1ccc(NC(=O)Cc2ccccc2)c(Cl)c1)C(=O)N1CCC[C@H]1C(=O)N[C@H](C=O)CC(=O)O. The highest BCUT2D eigenvalue weighted by molar-refractivity contribution is 6.36. The van der Waals surface area contributed by atoms with E-state index in [9.17, 15) is 115 Å². The van der Waals surface area contributed by atoms with Crippen molar-refractivity contribution in [1.82, 2.24) is 62.1 Å². The van der Waals surface area contributed by atoms with Crippen LogP contribution in [0.1, 0.15) is 213 Å². The number of carbonyl (C=O) groups excluding carboxylic acids is 21. The molecule has 43 nitrogen and oxygen atoms in total. The first-order valence-electron chi connectivity index (χ1n) is 46.4. The molecule has 0 aromatic heterocycles. The monoisotopic (exact) mass is 2090 g/mol. The van der Waals surface area contributed by atoms with E-state index in [-0.39, 0.29) is 117 Å². The molecule has 0 radical (unpaired) electrons. The average Bonchev–Trinajstić information content (AvgIpc) is 1.81. The van der Waals surface area contributed by atoms with Gasteiger partial charge in [0.05, 0.1) is 92.7 Å². The summed E-state index contributed by atoms with van der Waals surface area (Å²) in [6.07, 6.45) is 4.05. The average molecular weight is 2100 g/mol. The number of ketones is 1. The number of anilines is 4. The van der Waals surface area contributed by atoms with Gasteiger partial charge in [-0.15, -0.1) is 0 Å². The number of aliphatic carboxylic acids is 3. The summed E-state index contributed by atoms with van der Waals surface area (Å²) >= 11 is 24.9. The summed E-state index contributed by atoms with van der Waals surface area (Å²) in [5, 5.41) is 57.8. The van der Waals surface area contributed by atoms with Gasteiger partial charge in [0.1, 0.15) is 79.3 Å². The van der Waals surface area contributed by atoms with Gasteiger partial charge in [-0.1, -0.05) is 118 Å². The van der Waals surface area contributed by atoms with E-state index in [4.69, 9.17) is 61.7 Å². The summed E-state index contributed by atoms with van der Waals surface area (Å²) in [5.74, 6) is -11.3. The van der Waals surface area contributed by atoms with Crippen LogP contribution < -0.4 is 63.8 Å². The highest BCUT2D eigenvalue weighted by Crippen LogP contribution is 2.31. The Morgan fingerprint density at radius 1 is 0.359 bits per heavy atom. The molecule has 15 N–H and O–H groups in total. The minimum Gasteiger partial charge on any atom is -0.481 e. The molecule has 0 spiro atoms. The third-order valence-corrected chi connectivity index (χ3v) is 23.9. The fraction of sp³-hybridized carbons (Fsp3) is 0.449. The summed E-state index contributed by atoms with van der Waals surface area (Å²) in [4.78, 5) is 295. The number of carboxylic acid groups (broad SMARTS) is 3. The molecule has 4 aliphatic rings. The predicted octanol–water partition coefficient (Wildman–Crippen LogP) is 6.43. The van der Waals surface area contributed by atoms with Gasteiger partial charge in [0.15, 0.2) is 0 Å². The van der Waals surface area contributed by atoms with Crippen LogP contribution in [0.2, 0.25) is 20.1 Å². The Morgan fingerprint density at radius 3 is 0.862 bits per heavy atom. The maximum Gasteiger partial charge on any atom is 0.305 e. The zero-order valence-corrected chi connectivity index (χ0v) is 84.5. The maximum absolute atomic E-state index is 13.0. The Hall–Kier alpha value is -14.5. The summed E-state index contributed by atoms with van der Waals surface area (Å²) in [7, 11) is 0. The van der Waals surface area contributed by atoms with Crippen molar-refractivity contribution in [3.63, 3.8) is 0 Å². The predicted molar refractivity (Wildman–Crippen MR) is 530 cm³/mol. The fourth-order valence-corrected chi connectivity index (χ4v) is 16.1. The van der Waals surface area contributed by atoms with E-state index in [1.807, 2.05) is 44.2 Å². The van der Waals surface area contributed by atoms with Crippen molar-refractivity contribution in [2.75, 3.05) is 47.4 Å². The van der Waals surface area contributed by atoms with E-state index >= 15 is 0 Å². The lowest BCUT2D eigenvalue weighted by Gasteiger charge is -2.28. The van der Waals surface area contributed by atoms with E-state index in [2.05, 4.69) is 63.8 Å². The van der Waals surface area contributed by atoms with Crippen LogP contribution in [0.4, 0.5) is 22.7 Å². The van der Waals surface area contributed by atoms with E-state index in [0.717, 1.165) is 5.56 Å². The van der Waals surface area contributed by atoms with Crippen molar-refractivity contribution >= 4 is 213 Å². The van der Waals surface area contributed by atoms with E-state index in [0.29, 0.717) is 112 Å². The number of nitrogens with zero attached hydrogens (tertiary/aromatic N) is 4. The molecule has 0 bridgehead atoms. The van der Waals surface area contributed by atoms with E-state index in [1.54, 1.807) is 27.7 Å². The molecular weight excluding hydrogens is 1970 g/mol. The Labute approximate surface area is 855 Å². The first kappa shape index (κ1) is 119. The zero-order chi connectivity index (χ0) is 108. The van der Waals surface area contributed by atoms with Gasteiger partial charge in [0, 0.05) is 73.1 Å². The van der Waals surface area contributed by atoms with Gasteiger partial charge in [-0.3, -0.25) is 95.9 Å². The number of amides is 16. The number of halogens is 4. The number of hydrogen-bond donors (Lipinski definition) is 15. The number of benzene rings is 5. The normalized spacial score (nSPS) is 16.6. The van der Waals surface area contributed by atoms with Crippen LogP contribution in [-0.4, -0.2) is 277 Å². The van der Waals surface area contributed by atoms with Crippen molar-refractivity contribution in [2.45, 2.75) is 245 Å². The van der Waals surface area contributed by atoms with Crippen LogP contribution in [0.5, 0.6) is 0 Å². The molecule has 12 atom stereocenters. The molecule has 5 aromatic rings. The molecule has 782 valence electrons. The minimum atomic E-state index is -1.24. The molecule has 4 saturated heterocycles. The summed E-state index contributed by atoms with van der Waals surface area (Å²) in [6.45, 7) is 19.2. The molecule has 9 rings (SSSR count). The standard InChI is InChI=1S/C27H29ClN4O7.C25H33ClN4O6.C24H31ClN4O7.C22H27ClN4O7/c1-16(27(39)32-11-5-8-22(32)26(38)30-19(15-33)14-24(35)36)29-25(37)18-9-10-21(20(28)13-18)31-23(34)12-17-6-3-2-4-7-17;1-14(2)10-22(33)29-20-8-7-17(12-19(20)26)23(34)27-16(4)25(36)30-9-5-6-21(30)24(35)28-18(13-31)11-15(3)32;1-13(22(35)29-9-5-6-18(29)21(34)27-15(12-30)11-19(31)32)26-20(33)14-7-8-17(16(25)10-14)28-23(36)24(2,3)4;1-3-18(29)26-16-7-6-13(9-15(16)23)20(32)24-12(2)22(34)27-8-4-5-17(27)21(33)25-14(11-28)10-19(30)31/h2-4,6-7,9-10,13,15-16,19,22H,5,8,11-12,14H2,1H3,(H,29,37)(H,30,38)(H,31,34)(H,35,36);7-8,12-14,16,18,21H,5-6,9-11H2,1-4H3,(H,27,34)(H,28,35)(H,29,33);7-8,10,12-13,15,18H,5-6,9,11H2,1-4H3,(H,26,33)(H,27,34)(H,28,36)(H,31,32);6-7,9,11-12,14,17H,3-5,8,10H2,1-2H3,(H,24,32)(H,25,33)(H,26,29)(H,30,31)/t16-,19-,22-;16-,18-,21-;13-,15-,18-;12-,14-,17-/m0000/s1. The Morgan fingerprint density at radius 2 is 0.621 bits per heavy atom. The van der Waals surface area contributed by atoms with Crippen LogP contribution in [0.15, 0.2) is 103 Å². The molecule has 4 fully saturated rings. The lowest BCUT2D eigenvalue weighted by atomic mass is 9.95. The zero-order valence-electron chi connectivity index (χ0n) is 81.5. The molecule has 4 aliphatic heterocycles. The number of aldehydes is 4. The van der Waals surface area contributed by atoms with Crippen LogP contribution >= 0.6 is 46.4 Å². The largest absolute Gasteiger partial charge is 0.481 e. The van der Waals surface area contributed by atoms with Crippen molar-refractivity contribution < 1.29 is 130 Å². The highest BCUT2D eigenvalue weighted by Gasteiger charge is 2.43. The summed E-state index contributed by atoms with van der Waals surface area (Å²) in [6, 6.07) is 14.7. The smallest absolute Gasteiger partial charge is 0.305 e. The van der Waals surface area contributed by atoms with Gasteiger partial charge in [-0.2, -0.15) is 0 Å². The Balaban J connectivity index is 0.000000296. The summed E-state index contributed by atoms with van der Waals surface area (Å²) in [5.41, 5.74) is 2.34. The molecule has 5 aromatic carbocycles. The van der Waals surface area contributed by atoms with Gasteiger partial charge < -0.3 is 118 Å². The lowest BCUT2D eigenvalue weighted by Crippen LogP contribution is -2.54. The van der Waals surface area contributed by atoms with Crippen molar-refractivity contribution in [1.29, 1.82) is 0 Å². The van der Waals surface area contributed by atoms with Crippen LogP contribution in [0, 0.1) is 11.3 Å². The molecule has 47 heteroatoms. The molecule has 16 amide bonds. The highest BCUT2D eigenvalue weighted by atomic mass is 35.5. The second-order valence-electron chi connectivity index (χ2n) is 36.0. The van der Waals surface area contributed by atoms with Gasteiger partial charge in [0.2, 0.25) is 70.9 Å². The van der Waals surface area contributed by atoms with Crippen LogP contribution in [-0.2, 0) is 102 Å². The molecule has 0 unspecified atom stereocenters. The van der Waals surface area contributed by atoms with Crippen LogP contribution in [0.25, 0.3) is 0 Å². The number of nitrogens with one attached hydrogen (secondary N) is 12. The molecule has 0 aliphatic carbocycles. The topological polar surface area (TPSA) is 628 Å². The fourth-order valence-electron chi connectivity index (χ4n) is 15.2. The second kappa shape index (κ2) is 57.1. The van der Waals surface area contributed by atoms with Gasteiger partial charge in [-0.25, -0.2) is 0 Å². The third kappa shape index (κ3) is 37.3. The first-order chi connectivity index (χ1) is 68.3. The van der Waals surface area contributed by atoms with Gasteiger partial charge >= 0.3 is 17.9 Å². The number of carboxylic acids is 3. The number of carbonyl (C=O) groups is 24. The van der Waals surface area contributed by atoms with Gasteiger partial charge in [-0.05, 0) is 170 Å². The molecular formula is C98H120Cl4N16O27. The molecule has 145 heavy (non-hydrogen) atoms. The van der Waals surface area contributed by atoms with Crippen molar-refractivity contribution in [3.8, 4) is 0 Å². The number of Topliss-reactive ketones (excluding diaryl/α,β-unsaturated/α-hetero) is 1. The summed E-state index contributed by atoms with van der Waals surface area (Å²) < 4.78 is 0. The number of likely N-dealkylation sites (tertiary alicyclic amines) is 4. The number of rotatable bonds is 41. The van der Waals surface area contributed by atoms with E-state index < -0.39 is 186 Å². The van der Waals surface area contributed by atoms with Crippen molar-refractivity contribution in [3.05, 3.63) is 151 Å². The molecule has 4 heterocycles. The second-order valence-corrected chi connectivity index (χ2v) is 37.6. The maximum atomic E-state index is 13.0. The van der Waals surface area contributed by atoms with Crippen molar-refractivity contribution in [2.24, 2.45) is 11.3 Å². The van der Waals surface area contributed by atoms with E-state index in [1.165, 1.54) is 127 Å². The van der Waals surface area contributed by atoms with Crippen LogP contribution in [0.3, 0.4) is 0 Å². The minimum absolute atomic E-state index is 0.120.